The maximum atomic E-state index is 6.04. The molecule has 2 heterocycles. The molecule has 0 spiro atoms. The van der Waals surface area contributed by atoms with E-state index in [1.807, 2.05) is 0 Å². The zero-order valence-corrected chi connectivity index (χ0v) is 12.8. The van der Waals surface area contributed by atoms with Crippen molar-refractivity contribution in [3.8, 4) is 0 Å². The number of guanidine groups is 1. The maximum Gasteiger partial charge on any atom is 0.191 e. The topological polar surface area (TPSA) is 67.4 Å². The second-order valence-electron chi connectivity index (χ2n) is 5.53. The zero-order chi connectivity index (χ0) is 13.8. The summed E-state index contributed by atoms with van der Waals surface area (Å²) < 4.78 is 0. The van der Waals surface area contributed by atoms with Crippen molar-refractivity contribution in [1.29, 1.82) is 0 Å². The Morgan fingerprint density at radius 1 is 1.42 bits per heavy atom. The highest BCUT2D eigenvalue weighted by atomic mass is 32.1. The molecule has 1 aliphatic heterocycles. The Hall–Kier alpha value is -1.17. The number of hydrogen-bond donors (Lipinski definition) is 1. The molecule has 19 heavy (non-hydrogen) atoms. The van der Waals surface area contributed by atoms with Gasteiger partial charge in [0.25, 0.3) is 0 Å². The summed E-state index contributed by atoms with van der Waals surface area (Å²) in [4.78, 5) is 6.62. The third kappa shape index (κ3) is 3.89. The second kappa shape index (κ2) is 6.32. The molecule has 0 aliphatic carbocycles. The largest absolute Gasteiger partial charge is 0.370 e. The monoisotopic (exact) mass is 281 g/mol. The highest BCUT2D eigenvalue weighted by molar-refractivity contribution is 7.11. The van der Waals surface area contributed by atoms with Crippen LogP contribution in [-0.4, -0.2) is 34.1 Å². The molecule has 0 saturated carbocycles. The van der Waals surface area contributed by atoms with E-state index in [0.717, 1.165) is 29.0 Å². The first-order chi connectivity index (χ1) is 9.06. The number of nitrogens with two attached hydrogens (primary N) is 1. The molecule has 0 aromatic carbocycles. The van der Waals surface area contributed by atoms with Crippen LogP contribution in [0, 0.1) is 5.92 Å². The quantitative estimate of drug-likeness (QED) is 0.681. The van der Waals surface area contributed by atoms with Gasteiger partial charge in [0, 0.05) is 19.0 Å². The first kappa shape index (κ1) is 14.2. The molecule has 106 valence electrons. The first-order valence-electron chi connectivity index (χ1n) is 6.93. The van der Waals surface area contributed by atoms with Gasteiger partial charge in [-0.25, -0.2) is 4.99 Å². The molecule has 1 fully saturated rings. The third-order valence-electron chi connectivity index (χ3n) is 3.46. The van der Waals surface area contributed by atoms with Gasteiger partial charge in [-0.05, 0) is 18.8 Å². The third-order valence-corrected chi connectivity index (χ3v) is 4.67. The lowest BCUT2D eigenvalue weighted by Crippen LogP contribution is -2.42. The molecule has 1 aromatic heterocycles. The van der Waals surface area contributed by atoms with Crippen molar-refractivity contribution in [2.24, 2.45) is 16.6 Å². The molecule has 2 N–H and O–H groups in total. The predicted molar refractivity (Wildman–Crippen MR) is 79.3 cm³/mol. The van der Waals surface area contributed by atoms with Gasteiger partial charge in [0.1, 0.15) is 10.0 Å². The van der Waals surface area contributed by atoms with Crippen molar-refractivity contribution in [3.63, 3.8) is 0 Å². The van der Waals surface area contributed by atoms with Gasteiger partial charge in [-0.2, -0.15) is 0 Å². The summed E-state index contributed by atoms with van der Waals surface area (Å²) in [6, 6.07) is 0. The van der Waals surface area contributed by atoms with Crippen LogP contribution in [0.2, 0.25) is 0 Å². The number of hydrogen-bond acceptors (Lipinski definition) is 4. The number of nitrogens with zero attached hydrogens (tertiary/aromatic N) is 4. The van der Waals surface area contributed by atoms with E-state index in [-0.39, 0.29) is 0 Å². The van der Waals surface area contributed by atoms with Crippen molar-refractivity contribution in [1.82, 2.24) is 15.1 Å². The van der Waals surface area contributed by atoms with E-state index in [1.165, 1.54) is 12.8 Å². The Morgan fingerprint density at radius 2 is 2.11 bits per heavy atom. The molecule has 0 radical (unpaired) electrons. The van der Waals surface area contributed by atoms with Gasteiger partial charge in [0.05, 0.1) is 6.54 Å². The minimum atomic E-state index is 0.427. The van der Waals surface area contributed by atoms with Crippen LogP contribution in [0.4, 0.5) is 0 Å². The standard InChI is InChI=1S/C13H23N5S/c1-9(2)12-17-16-11(19-12)8-15-13(14)18-6-4-10(3)5-7-18/h9-10H,4-8H2,1-3H3,(H2,14,15). The van der Waals surface area contributed by atoms with Crippen LogP contribution in [0.3, 0.4) is 0 Å². The smallest absolute Gasteiger partial charge is 0.191 e. The molecule has 0 amide bonds. The molecule has 2 rings (SSSR count). The fourth-order valence-corrected chi connectivity index (χ4v) is 2.82. The Morgan fingerprint density at radius 3 is 2.68 bits per heavy atom. The van der Waals surface area contributed by atoms with E-state index in [1.54, 1.807) is 11.3 Å². The molecule has 0 atom stereocenters. The van der Waals surface area contributed by atoms with Crippen LogP contribution in [0.5, 0.6) is 0 Å². The van der Waals surface area contributed by atoms with Gasteiger partial charge >= 0.3 is 0 Å². The molecule has 6 heteroatoms. The fourth-order valence-electron chi connectivity index (χ4n) is 2.05. The summed E-state index contributed by atoms with van der Waals surface area (Å²) in [6.45, 7) is 9.11. The Labute approximate surface area is 118 Å². The summed E-state index contributed by atoms with van der Waals surface area (Å²) in [5, 5.41) is 10.3. The number of likely N-dealkylation sites (tertiary alicyclic amines) is 1. The van der Waals surface area contributed by atoms with Crippen LogP contribution in [0.25, 0.3) is 0 Å². The molecular weight excluding hydrogens is 258 g/mol. The van der Waals surface area contributed by atoms with Gasteiger partial charge in [-0.1, -0.05) is 32.1 Å². The van der Waals surface area contributed by atoms with Crippen molar-refractivity contribution in [3.05, 3.63) is 10.0 Å². The summed E-state index contributed by atoms with van der Waals surface area (Å²) in [5.74, 6) is 1.88. The highest BCUT2D eigenvalue weighted by Gasteiger charge is 2.17. The molecule has 0 unspecified atom stereocenters. The SMILES string of the molecule is CC1CCN(C(N)=NCc2nnc(C(C)C)s2)CC1. The van der Waals surface area contributed by atoms with E-state index >= 15 is 0 Å². The zero-order valence-electron chi connectivity index (χ0n) is 12.0. The van der Waals surface area contributed by atoms with Gasteiger partial charge in [0.15, 0.2) is 5.96 Å². The van der Waals surface area contributed by atoms with Gasteiger partial charge in [-0.3, -0.25) is 0 Å². The Bertz CT molecular complexity index is 432. The van der Waals surface area contributed by atoms with E-state index in [0.29, 0.717) is 18.4 Å². The molecule has 5 nitrogen and oxygen atoms in total. The summed E-state index contributed by atoms with van der Waals surface area (Å²) in [7, 11) is 0. The van der Waals surface area contributed by atoms with E-state index in [2.05, 4.69) is 40.9 Å². The van der Waals surface area contributed by atoms with Crippen molar-refractivity contribution >= 4 is 17.3 Å². The Balaban J connectivity index is 1.90. The molecule has 1 aliphatic rings. The van der Waals surface area contributed by atoms with E-state index in [9.17, 15) is 0 Å². The second-order valence-corrected chi connectivity index (χ2v) is 6.63. The van der Waals surface area contributed by atoms with E-state index in [4.69, 9.17) is 5.73 Å². The maximum absolute atomic E-state index is 6.04. The number of piperidine rings is 1. The lowest BCUT2D eigenvalue weighted by atomic mass is 10.00. The fraction of sp³-hybridized carbons (Fsp3) is 0.769. The predicted octanol–water partition coefficient (Wildman–Crippen LogP) is 2.21. The molecular formula is C13H23N5S. The normalized spacial score (nSPS) is 18.3. The van der Waals surface area contributed by atoms with Crippen LogP contribution in [-0.2, 0) is 6.54 Å². The average molecular weight is 281 g/mol. The first-order valence-corrected chi connectivity index (χ1v) is 7.75. The lowest BCUT2D eigenvalue weighted by molar-refractivity contribution is 0.277. The number of aliphatic imine (C=N–C) groups is 1. The average Bonchev–Trinajstić information content (AvgIpc) is 2.86. The van der Waals surface area contributed by atoms with Crippen LogP contribution >= 0.6 is 11.3 Å². The molecule has 1 saturated heterocycles. The van der Waals surface area contributed by atoms with Crippen LogP contribution in [0.1, 0.15) is 49.5 Å². The lowest BCUT2D eigenvalue weighted by Gasteiger charge is -2.30. The number of rotatable bonds is 3. The summed E-state index contributed by atoms with van der Waals surface area (Å²) >= 11 is 1.63. The minimum Gasteiger partial charge on any atom is -0.370 e. The van der Waals surface area contributed by atoms with Gasteiger partial charge in [0.2, 0.25) is 0 Å². The minimum absolute atomic E-state index is 0.427. The highest BCUT2D eigenvalue weighted by Crippen LogP contribution is 2.20. The van der Waals surface area contributed by atoms with Gasteiger partial charge < -0.3 is 10.6 Å². The van der Waals surface area contributed by atoms with Crippen molar-refractivity contribution in [2.45, 2.75) is 46.1 Å². The summed E-state index contributed by atoms with van der Waals surface area (Å²) in [5.41, 5.74) is 6.04. The molecule has 0 bridgehead atoms. The van der Waals surface area contributed by atoms with Crippen molar-refractivity contribution in [2.75, 3.05) is 13.1 Å². The summed E-state index contributed by atoms with van der Waals surface area (Å²) in [6.07, 6.45) is 2.40. The van der Waals surface area contributed by atoms with Crippen LogP contribution < -0.4 is 5.73 Å². The van der Waals surface area contributed by atoms with Crippen LogP contribution in [0.15, 0.2) is 4.99 Å². The Kier molecular flexibility index (Phi) is 4.74. The number of aromatic nitrogens is 2. The van der Waals surface area contributed by atoms with Crippen molar-refractivity contribution < 1.29 is 0 Å². The molecule has 1 aromatic rings. The van der Waals surface area contributed by atoms with E-state index < -0.39 is 0 Å². The van der Waals surface area contributed by atoms with Gasteiger partial charge in [-0.15, -0.1) is 10.2 Å².